The minimum absolute atomic E-state index is 0.111. The van der Waals surface area contributed by atoms with Crippen LogP contribution in [0.4, 0.5) is 5.82 Å². The standard InChI is InChI=1S/C14H18N4O2/c1-9-12(10(2)18-17-9)7-14(19)16-13-6-11(8-20-3)4-5-15-13/h4-6H,7-8H2,1-3H3,(H,17,18)(H,15,16,19). The third kappa shape index (κ3) is 3.42. The van der Waals surface area contributed by atoms with Gasteiger partial charge in [-0.2, -0.15) is 5.10 Å². The Morgan fingerprint density at radius 1 is 1.45 bits per heavy atom. The average Bonchev–Trinajstić information content (AvgIpc) is 2.71. The molecule has 0 aliphatic rings. The van der Waals surface area contributed by atoms with E-state index in [1.807, 2.05) is 19.9 Å². The number of aromatic amines is 1. The topological polar surface area (TPSA) is 79.9 Å². The fourth-order valence-electron chi connectivity index (χ4n) is 1.98. The van der Waals surface area contributed by atoms with Crippen LogP contribution in [0.5, 0.6) is 0 Å². The molecule has 2 heterocycles. The highest BCUT2D eigenvalue weighted by atomic mass is 16.5. The zero-order chi connectivity index (χ0) is 14.5. The molecule has 0 aliphatic carbocycles. The Hall–Kier alpha value is -2.21. The molecule has 1 amide bonds. The van der Waals surface area contributed by atoms with Crippen molar-refractivity contribution in [3.63, 3.8) is 0 Å². The number of hydrogen-bond acceptors (Lipinski definition) is 4. The van der Waals surface area contributed by atoms with E-state index >= 15 is 0 Å². The van der Waals surface area contributed by atoms with Gasteiger partial charge in [0, 0.05) is 24.6 Å². The molecule has 0 saturated heterocycles. The largest absolute Gasteiger partial charge is 0.380 e. The van der Waals surface area contributed by atoms with E-state index in [0.717, 1.165) is 22.5 Å². The van der Waals surface area contributed by atoms with Crippen molar-refractivity contribution >= 4 is 11.7 Å². The number of nitrogens with zero attached hydrogens (tertiary/aromatic N) is 2. The number of aromatic nitrogens is 3. The minimum Gasteiger partial charge on any atom is -0.380 e. The van der Waals surface area contributed by atoms with Crippen LogP contribution in [0.3, 0.4) is 0 Å². The molecule has 0 unspecified atom stereocenters. The van der Waals surface area contributed by atoms with Gasteiger partial charge in [0.05, 0.1) is 18.7 Å². The van der Waals surface area contributed by atoms with Crippen LogP contribution in [-0.2, 0) is 22.6 Å². The van der Waals surface area contributed by atoms with Crippen molar-refractivity contribution in [3.05, 3.63) is 40.8 Å². The third-order valence-corrected chi connectivity index (χ3v) is 3.02. The molecule has 2 aromatic heterocycles. The Bertz CT molecular complexity index is 587. The SMILES string of the molecule is COCc1ccnc(NC(=O)Cc2c(C)n[nH]c2C)c1. The number of anilines is 1. The number of amides is 1. The van der Waals surface area contributed by atoms with Crippen LogP contribution >= 0.6 is 0 Å². The molecule has 0 fully saturated rings. The maximum Gasteiger partial charge on any atom is 0.230 e. The predicted molar refractivity (Wildman–Crippen MR) is 75.3 cm³/mol. The van der Waals surface area contributed by atoms with Gasteiger partial charge in [0.2, 0.25) is 5.91 Å². The summed E-state index contributed by atoms with van der Waals surface area (Å²) in [6, 6.07) is 3.65. The number of rotatable bonds is 5. The number of pyridine rings is 1. The number of nitrogens with one attached hydrogen (secondary N) is 2. The van der Waals surface area contributed by atoms with Gasteiger partial charge in [0.25, 0.3) is 0 Å². The molecule has 6 nitrogen and oxygen atoms in total. The van der Waals surface area contributed by atoms with Crippen LogP contribution < -0.4 is 5.32 Å². The first kappa shape index (κ1) is 14.2. The van der Waals surface area contributed by atoms with Gasteiger partial charge in [-0.3, -0.25) is 9.89 Å². The molecule has 0 radical (unpaired) electrons. The van der Waals surface area contributed by atoms with Gasteiger partial charge >= 0.3 is 0 Å². The first-order valence-electron chi connectivity index (χ1n) is 6.34. The summed E-state index contributed by atoms with van der Waals surface area (Å²) >= 11 is 0. The minimum atomic E-state index is -0.111. The Kier molecular flexibility index (Phi) is 4.47. The van der Waals surface area contributed by atoms with Crippen molar-refractivity contribution in [2.45, 2.75) is 26.9 Å². The maximum absolute atomic E-state index is 12.0. The van der Waals surface area contributed by atoms with Crippen molar-refractivity contribution in [1.82, 2.24) is 15.2 Å². The zero-order valence-electron chi connectivity index (χ0n) is 11.9. The Labute approximate surface area is 117 Å². The van der Waals surface area contributed by atoms with E-state index in [1.165, 1.54) is 0 Å². The van der Waals surface area contributed by atoms with Crippen LogP contribution in [0.1, 0.15) is 22.5 Å². The molecule has 0 atom stereocenters. The van der Waals surface area contributed by atoms with Gasteiger partial charge in [0.1, 0.15) is 5.82 Å². The lowest BCUT2D eigenvalue weighted by molar-refractivity contribution is -0.115. The van der Waals surface area contributed by atoms with Gasteiger partial charge in [-0.25, -0.2) is 4.98 Å². The van der Waals surface area contributed by atoms with E-state index in [1.54, 1.807) is 19.4 Å². The average molecular weight is 274 g/mol. The number of H-pyrrole nitrogens is 1. The van der Waals surface area contributed by atoms with Gasteiger partial charge in [-0.1, -0.05) is 0 Å². The van der Waals surface area contributed by atoms with Gasteiger partial charge in [-0.15, -0.1) is 0 Å². The van der Waals surface area contributed by atoms with E-state index < -0.39 is 0 Å². The van der Waals surface area contributed by atoms with Crippen LogP contribution in [0, 0.1) is 13.8 Å². The molecular formula is C14H18N4O2. The third-order valence-electron chi connectivity index (χ3n) is 3.02. The van der Waals surface area contributed by atoms with E-state index in [0.29, 0.717) is 12.4 Å². The number of ether oxygens (including phenoxy) is 1. The molecule has 2 aromatic rings. The summed E-state index contributed by atoms with van der Waals surface area (Å²) in [6.45, 7) is 4.27. The number of aryl methyl sites for hydroxylation is 2. The molecule has 0 spiro atoms. The van der Waals surface area contributed by atoms with Crippen LogP contribution in [-0.4, -0.2) is 28.2 Å². The maximum atomic E-state index is 12.0. The molecule has 0 saturated carbocycles. The Morgan fingerprint density at radius 3 is 2.90 bits per heavy atom. The van der Waals surface area contributed by atoms with Crippen LogP contribution in [0.2, 0.25) is 0 Å². The Balaban J connectivity index is 2.03. The van der Waals surface area contributed by atoms with Crippen molar-refractivity contribution in [2.24, 2.45) is 0 Å². The molecular weight excluding hydrogens is 256 g/mol. The lowest BCUT2D eigenvalue weighted by Gasteiger charge is -2.06. The molecule has 0 aromatic carbocycles. The zero-order valence-corrected chi connectivity index (χ0v) is 11.9. The highest BCUT2D eigenvalue weighted by Crippen LogP contribution is 2.12. The molecule has 2 N–H and O–H groups in total. The van der Waals surface area contributed by atoms with Crippen LogP contribution in [0.25, 0.3) is 0 Å². The number of hydrogen-bond donors (Lipinski definition) is 2. The Morgan fingerprint density at radius 2 is 2.25 bits per heavy atom. The summed E-state index contributed by atoms with van der Waals surface area (Å²) in [4.78, 5) is 16.2. The van der Waals surface area contributed by atoms with E-state index in [9.17, 15) is 4.79 Å². The summed E-state index contributed by atoms with van der Waals surface area (Å²) in [5.41, 5.74) is 3.65. The first-order valence-corrected chi connectivity index (χ1v) is 6.34. The second-order valence-electron chi connectivity index (χ2n) is 4.62. The molecule has 106 valence electrons. The lowest BCUT2D eigenvalue weighted by Crippen LogP contribution is -2.16. The lowest BCUT2D eigenvalue weighted by atomic mass is 10.1. The number of methoxy groups -OCH3 is 1. The van der Waals surface area contributed by atoms with E-state index in [-0.39, 0.29) is 12.3 Å². The predicted octanol–water partition coefficient (Wildman–Crippen LogP) is 1.75. The fraction of sp³-hybridized carbons (Fsp3) is 0.357. The molecule has 20 heavy (non-hydrogen) atoms. The summed E-state index contributed by atoms with van der Waals surface area (Å²) in [5, 5.41) is 9.73. The van der Waals surface area contributed by atoms with Crippen molar-refractivity contribution in [3.8, 4) is 0 Å². The second kappa shape index (κ2) is 6.29. The highest BCUT2D eigenvalue weighted by molar-refractivity contribution is 5.91. The molecule has 0 bridgehead atoms. The van der Waals surface area contributed by atoms with Crippen molar-refractivity contribution in [2.75, 3.05) is 12.4 Å². The molecule has 6 heteroatoms. The van der Waals surface area contributed by atoms with Gasteiger partial charge in [0.15, 0.2) is 0 Å². The fourth-order valence-corrected chi connectivity index (χ4v) is 1.98. The summed E-state index contributed by atoms with van der Waals surface area (Å²) in [6.07, 6.45) is 1.93. The van der Waals surface area contributed by atoms with Crippen LogP contribution in [0.15, 0.2) is 18.3 Å². The van der Waals surface area contributed by atoms with Crippen molar-refractivity contribution < 1.29 is 9.53 Å². The summed E-state index contributed by atoms with van der Waals surface area (Å²) in [5.74, 6) is 0.419. The number of carbonyl (C=O) groups is 1. The number of carbonyl (C=O) groups excluding carboxylic acids is 1. The van der Waals surface area contributed by atoms with Gasteiger partial charge in [-0.05, 0) is 31.5 Å². The normalized spacial score (nSPS) is 10.6. The van der Waals surface area contributed by atoms with Gasteiger partial charge < -0.3 is 10.1 Å². The monoisotopic (exact) mass is 274 g/mol. The van der Waals surface area contributed by atoms with E-state index in [4.69, 9.17) is 4.74 Å². The van der Waals surface area contributed by atoms with Crippen molar-refractivity contribution in [1.29, 1.82) is 0 Å². The highest BCUT2D eigenvalue weighted by Gasteiger charge is 2.12. The second-order valence-corrected chi connectivity index (χ2v) is 4.62. The smallest absolute Gasteiger partial charge is 0.230 e. The molecule has 2 rings (SSSR count). The van der Waals surface area contributed by atoms with E-state index in [2.05, 4.69) is 20.5 Å². The first-order chi connectivity index (χ1) is 9.60. The summed E-state index contributed by atoms with van der Waals surface area (Å²) < 4.78 is 5.05. The summed E-state index contributed by atoms with van der Waals surface area (Å²) in [7, 11) is 1.63. The molecule has 0 aliphatic heterocycles. The quantitative estimate of drug-likeness (QED) is 0.870.